The fraction of sp³-hybridized carbons (Fsp3) is 1.00. The molecule has 0 saturated heterocycles. The minimum Gasteiger partial charge on any atom is -0.392 e. The minimum atomic E-state index is -0.139. The van der Waals surface area contributed by atoms with Gasteiger partial charge in [0.25, 0.3) is 0 Å². The first-order chi connectivity index (χ1) is 7.86. The Balaban J connectivity index is 1.53. The molecule has 94 valence electrons. The molecule has 2 aliphatic carbocycles. The number of hydrogen-bond donors (Lipinski definition) is 2. The molecule has 2 N–H and O–H groups in total. The van der Waals surface area contributed by atoms with E-state index in [1.807, 2.05) is 0 Å². The fourth-order valence-corrected chi connectivity index (χ4v) is 2.87. The molecule has 0 bridgehead atoms. The Bertz CT molecular complexity index is 192. The number of hydrogen-bond acceptors (Lipinski definition) is 3. The molecule has 2 aliphatic rings. The predicted molar refractivity (Wildman–Crippen MR) is 64.5 cm³/mol. The van der Waals surface area contributed by atoms with Crippen molar-refractivity contribution in [1.82, 2.24) is 5.32 Å². The molecule has 0 spiro atoms. The topological polar surface area (TPSA) is 41.5 Å². The van der Waals surface area contributed by atoms with Crippen molar-refractivity contribution in [2.24, 2.45) is 0 Å². The van der Waals surface area contributed by atoms with Gasteiger partial charge in [-0.1, -0.05) is 25.7 Å². The third-order valence-corrected chi connectivity index (χ3v) is 3.89. The van der Waals surface area contributed by atoms with Gasteiger partial charge < -0.3 is 15.2 Å². The van der Waals surface area contributed by atoms with Crippen molar-refractivity contribution in [2.75, 3.05) is 13.2 Å². The highest BCUT2D eigenvalue weighted by atomic mass is 16.5. The molecule has 0 aliphatic heterocycles. The lowest BCUT2D eigenvalue weighted by Crippen LogP contribution is -2.43. The minimum absolute atomic E-state index is 0.139. The Morgan fingerprint density at radius 3 is 2.44 bits per heavy atom. The van der Waals surface area contributed by atoms with Gasteiger partial charge in [0.2, 0.25) is 0 Å². The van der Waals surface area contributed by atoms with Crippen molar-refractivity contribution in [2.45, 2.75) is 69.6 Å². The molecule has 2 atom stereocenters. The Morgan fingerprint density at radius 1 is 1.00 bits per heavy atom. The molecular formula is C13H25NO2. The van der Waals surface area contributed by atoms with Gasteiger partial charge in [0.05, 0.1) is 18.8 Å². The van der Waals surface area contributed by atoms with E-state index in [9.17, 15) is 5.11 Å². The molecule has 0 amide bonds. The van der Waals surface area contributed by atoms with Crippen LogP contribution in [-0.2, 0) is 4.74 Å². The number of ether oxygens (including phenoxy) is 1. The second-order valence-corrected chi connectivity index (χ2v) is 5.19. The van der Waals surface area contributed by atoms with Crippen LogP contribution in [0.15, 0.2) is 0 Å². The van der Waals surface area contributed by atoms with Crippen LogP contribution < -0.4 is 5.32 Å². The maximum Gasteiger partial charge on any atom is 0.0693 e. The summed E-state index contributed by atoms with van der Waals surface area (Å²) in [5, 5.41) is 13.2. The molecule has 0 unspecified atom stereocenters. The van der Waals surface area contributed by atoms with Gasteiger partial charge >= 0.3 is 0 Å². The second-order valence-electron chi connectivity index (χ2n) is 5.19. The molecule has 0 aromatic rings. The van der Waals surface area contributed by atoms with Gasteiger partial charge in [-0.15, -0.1) is 0 Å². The van der Waals surface area contributed by atoms with Gasteiger partial charge in [0.15, 0.2) is 0 Å². The molecule has 0 aromatic heterocycles. The summed E-state index contributed by atoms with van der Waals surface area (Å²) in [5.41, 5.74) is 0. The molecule has 2 rings (SSSR count). The summed E-state index contributed by atoms with van der Waals surface area (Å²) in [6.07, 6.45) is 10.0. The highest BCUT2D eigenvalue weighted by molar-refractivity contribution is 4.80. The van der Waals surface area contributed by atoms with Crippen LogP contribution in [-0.4, -0.2) is 36.5 Å². The van der Waals surface area contributed by atoms with Gasteiger partial charge in [-0.25, -0.2) is 0 Å². The summed E-state index contributed by atoms with van der Waals surface area (Å²) in [5.74, 6) is 0. The van der Waals surface area contributed by atoms with Crippen LogP contribution in [0.1, 0.15) is 51.4 Å². The summed E-state index contributed by atoms with van der Waals surface area (Å²) in [6.45, 7) is 1.69. The quantitative estimate of drug-likeness (QED) is 0.704. The Kier molecular flexibility index (Phi) is 5.07. The number of nitrogens with one attached hydrogen (secondary N) is 1. The third-order valence-electron chi connectivity index (χ3n) is 3.89. The fourth-order valence-electron chi connectivity index (χ4n) is 2.87. The average molecular weight is 227 g/mol. The summed E-state index contributed by atoms with van der Waals surface area (Å²) in [6, 6.07) is 0.306. The first-order valence-electron chi connectivity index (χ1n) is 6.89. The summed E-state index contributed by atoms with van der Waals surface area (Å²) >= 11 is 0. The standard InChI is InChI=1S/C13H25NO2/c15-13-8-4-3-7-12(13)14-9-10-16-11-5-1-2-6-11/h11-15H,1-10H2/t12-,13-/m0/s1. The third kappa shape index (κ3) is 3.72. The molecule has 16 heavy (non-hydrogen) atoms. The number of aliphatic hydroxyl groups is 1. The highest BCUT2D eigenvalue weighted by Gasteiger charge is 2.22. The van der Waals surface area contributed by atoms with E-state index in [4.69, 9.17) is 4.74 Å². The maximum atomic E-state index is 9.78. The first kappa shape index (κ1) is 12.3. The predicted octanol–water partition coefficient (Wildman–Crippen LogP) is 1.84. The van der Waals surface area contributed by atoms with Gasteiger partial charge in [-0.3, -0.25) is 0 Å². The lowest BCUT2D eigenvalue weighted by Gasteiger charge is -2.28. The van der Waals surface area contributed by atoms with Crippen LogP contribution in [0.2, 0.25) is 0 Å². The van der Waals surface area contributed by atoms with E-state index >= 15 is 0 Å². The normalized spacial score (nSPS) is 32.1. The van der Waals surface area contributed by atoms with Gasteiger partial charge in [0.1, 0.15) is 0 Å². The lowest BCUT2D eigenvalue weighted by atomic mass is 9.93. The molecule has 0 heterocycles. The van der Waals surface area contributed by atoms with Crippen LogP contribution in [0.25, 0.3) is 0 Å². The van der Waals surface area contributed by atoms with E-state index in [1.54, 1.807) is 0 Å². The van der Waals surface area contributed by atoms with E-state index in [0.29, 0.717) is 12.1 Å². The second kappa shape index (κ2) is 6.58. The van der Waals surface area contributed by atoms with Crippen molar-refractivity contribution < 1.29 is 9.84 Å². The van der Waals surface area contributed by atoms with Gasteiger partial charge in [0, 0.05) is 12.6 Å². The number of aliphatic hydroxyl groups excluding tert-OH is 1. The smallest absolute Gasteiger partial charge is 0.0693 e. The van der Waals surface area contributed by atoms with Crippen LogP contribution in [0.5, 0.6) is 0 Å². The zero-order valence-corrected chi connectivity index (χ0v) is 10.2. The van der Waals surface area contributed by atoms with Crippen LogP contribution in [0.3, 0.4) is 0 Å². The van der Waals surface area contributed by atoms with Crippen LogP contribution in [0, 0.1) is 0 Å². The monoisotopic (exact) mass is 227 g/mol. The van der Waals surface area contributed by atoms with Gasteiger partial charge in [-0.05, 0) is 25.7 Å². The van der Waals surface area contributed by atoms with Crippen molar-refractivity contribution in [3.8, 4) is 0 Å². The molecule has 2 saturated carbocycles. The Hall–Kier alpha value is -0.120. The van der Waals surface area contributed by atoms with Crippen molar-refractivity contribution in [3.05, 3.63) is 0 Å². The lowest BCUT2D eigenvalue weighted by molar-refractivity contribution is 0.0485. The number of rotatable bonds is 5. The zero-order chi connectivity index (χ0) is 11.2. The van der Waals surface area contributed by atoms with E-state index < -0.39 is 0 Å². The molecule has 3 nitrogen and oxygen atoms in total. The molecular weight excluding hydrogens is 202 g/mol. The maximum absolute atomic E-state index is 9.78. The Labute approximate surface area is 98.6 Å². The highest BCUT2D eigenvalue weighted by Crippen LogP contribution is 2.21. The Morgan fingerprint density at radius 2 is 1.69 bits per heavy atom. The van der Waals surface area contributed by atoms with Crippen molar-refractivity contribution >= 4 is 0 Å². The SMILES string of the molecule is O[C@H]1CCCC[C@@H]1NCCOC1CCCC1. The molecule has 0 radical (unpaired) electrons. The van der Waals surface area contributed by atoms with Gasteiger partial charge in [-0.2, -0.15) is 0 Å². The summed E-state index contributed by atoms with van der Waals surface area (Å²) < 4.78 is 5.79. The summed E-state index contributed by atoms with van der Waals surface area (Å²) in [7, 11) is 0. The largest absolute Gasteiger partial charge is 0.392 e. The first-order valence-corrected chi connectivity index (χ1v) is 6.89. The molecule has 2 fully saturated rings. The van der Waals surface area contributed by atoms with Crippen LogP contribution >= 0.6 is 0 Å². The molecule has 3 heteroatoms. The van der Waals surface area contributed by atoms with Crippen molar-refractivity contribution in [3.63, 3.8) is 0 Å². The van der Waals surface area contributed by atoms with Crippen molar-refractivity contribution in [1.29, 1.82) is 0 Å². The van der Waals surface area contributed by atoms with E-state index in [0.717, 1.165) is 26.0 Å². The van der Waals surface area contributed by atoms with E-state index in [2.05, 4.69) is 5.32 Å². The molecule has 0 aromatic carbocycles. The average Bonchev–Trinajstić information content (AvgIpc) is 2.79. The van der Waals surface area contributed by atoms with E-state index in [1.165, 1.54) is 38.5 Å². The summed E-state index contributed by atoms with van der Waals surface area (Å²) in [4.78, 5) is 0. The van der Waals surface area contributed by atoms with Crippen LogP contribution in [0.4, 0.5) is 0 Å². The van der Waals surface area contributed by atoms with E-state index in [-0.39, 0.29) is 6.10 Å². The zero-order valence-electron chi connectivity index (χ0n) is 10.2.